The second-order valence-electron chi connectivity index (χ2n) is 6.58. The Kier molecular flexibility index (Phi) is 5.42. The summed E-state index contributed by atoms with van der Waals surface area (Å²) in [7, 11) is 0. The first kappa shape index (κ1) is 16.8. The lowest BCUT2D eigenvalue weighted by atomic mass is 9.90. The molecule has 0 unspecified atom stereocenters. The number of carbonyl (C=O) groups excluding carboxylic acids is 3. The van der Waals surface area contributed by atoms with Crippen LogP contribution in [0.1, 0.15) is 65.2 Å². The summed E-state index contributed by atoms with van der Waals surface area (Å²) in [6, 6.07) is -0.365. The van der Waals surface area contributed by atoms with E-state index in [2.05, 4.69) is 17.6 Å². The van der Waals surface area contributed by atoms with Gasteiger partial charge in [-0.1, -0.05) is 39.0 Å². The molecule has 2 rings (SSSR count). The minimum Gasteiger partial charge on any atom is -0.352 e. The van der Waals surface area contributed by atoms with Crippen molar-refractivity contribution >= 4 is 17.8 Å². The number of nitrogens with one attached hydrogen (secondary N) is 2. The van der Waals surface area contributed by atoms with Crippen molar-refractivity contribution in [1.29, 1.82) is 0 Å². The normalized spacial score (nSPS) is 22.4. The summed E-state index contributed by atoms with van der Waals surface area (Å²) < 4.78 is 0. The second-order valence-corrected chi connectivity index (χ2v) is 6.58. The molecule has 0 aromatic carbocycles. The number of amides is 4. The van der Waals surface area contributed by atoms with Crippen LogP contribution in [0.3, 0.4) is 0 Å². The standard InChI is InChI=1S/C16H27N3O3/c1-3-8-12(2)17-13(20)11-19-14(21)16(18-15(19)22)9-6-4-5-7-10-16/h12H,3-11H2,1-2H3,(H,17,20)(H,18,22)/t12-/m1/s1. The molecular formula is C16H27N3O3. The monoisotopic (exact) mass is 309 g/mol. The molecule has 0 bridgehead atoms. The highest BCUT2D eigenvalue weighted by atomic mass is 16.2. The van der Waals surface area contributed by atoms with Gasteiger partial charge in [0.05, 0.1) is 0 Å². The highest BCUT2D eigenvalue weighted by molar-refractivity contribution is 6.09. The van der Waals surface area contributed by atoms with Crippen molar-refractivity contribution < 1.29 is 14.4 Å². The van der Waals surface area contributed by atoms with Gasteiger partial charge in [-0.3, -0.25) is 14.5 Å². The molecule has 2 N–H and O–H groups in total. The third kappa shape index (κ3) is 3.59. The molecular weight excluding hydrogens is 282 g/mol. The maximum absolute atomic E-state index is 12.7. The Hall–Kier alpha value is -1.59. The molecule has 1 heterocycles. The lowest BCUT2D eigenvalue weighted by molar-refractivity contribution is -0.135. The van der Waals surface area contributed by atoms with Crippen LogP contribution >= 0.6 is 0 Å². The molecule has 0 radical (unpaired) electrons. The quantitative estimate of drug-likeness (QED) is 0.762. The zero-order valence-electron chi connectivity index (χ0n) is 13.6. The van der Waals surface area contributed by atoms with E-state index in [9.17, 15) is 14.4 Å². The van der Waals surface area contributed by atoms with Crippen LogP contribution in [-0.2, 0) is 9.59 Å². The fraction of sp³-hybridized carbons (Fsp3) is 0.812. The lowest BCUT2D eigenvalue weighted by Crippen LogP contribution is -2.47. The molecule has 4 amide bonds. The van der Waals surface area contributed by atoms with Crippen LogP contribution < -0.4 is 10.6 Å². The van der Waals surface area contributed by atoms with E-state index >= 15 is 0 Å². The van der Waals surface area contributed by atoms with Gasteiger partial charge in [-0.05, 0) is 26.2 Å². The molecule has 1 aliphatic heterocycles. The number of carbonyl (C=O) groups is 3. The molecule has 1 saturated carbocycles. The molecule has 2 fully saturated rings. The number of hydrogen-bond acceptors (Lipinski definition) is 3. The van der Waals surface area contributed by atoms with Gasteiger partial charge in [-0.15, -0.1) is 0 Å². The molecule has 6 nitrogen and oxygen atoms in total. The third-order valence-electron chi connectivity index (χ3n) is 4.63. The van der Waals surface area contributed by atoms with E-state index in [1.54, 1.807) is 0 Å². The van der Waals surface area contributed by atoms with Gasteiger partial charge in [0.15, 0.2) is 0 Å². The number of hydrogen-bond donors (Lipinski definition) is 2. The summed E-state index contributed by atoms with van der Waals surface area (Å²) in [4.78, 5) is 37.9. The van der Waals surface area contributed by atoms with Crippen LogP contribution in [0.2, 0.25) is 0 Å². The molecule has 1 aliphatic carbocycles. The van der Waals surface area contributed by atoms with Crippen molar-refractivity contribution in [3.8, 4) is 0 Å². The molecule has 1 atom stereocenters. The van der Waals surface area contributed by atoms with Crippen LogP contribution in [0.25, 0.3) is 0 Å². The fourth-order valence-electron chi connectivity index (χ4n) is 3.46. The van der Waals surface area contributed by atoms with Crippen LogP contribution in [-0.4, -0.2) is 40.9 Å². The Morgan fingerprint density at radius 2 is 1.91 bits per heavy atom. The summed E-state index contributed by atoms with van der Waals surface area (Å²) in [6.45, 7) is 3.80. The molecule has 0 aromatic heterocycles. The maximum atomic E-state index is 12.7. The van der Waals surface area contributed by atoms with Gasteiger partial charge >= 0.3 is 6.03 Å². The van der Waals surface area contributed by atoms with E-state index in [0.717, 1.165) is 43.4 Å². The first-order valence-corrected chi connectivity index (χ1v) is 8.42. The Balaban J connectivity index is 1.98. The largest absolute Gasteiger partial charge is 0.352 e. The van der Waals surface area contributed by atoms with E-state index in [1.807, 2.05) is 6.92 Å². The van der Waals surface area contributed by atoms with E-state index in [4.69, 9.17) is 0 Å². The summed E-state index contributed by atoms with van der Waals surface area (Å²) >= 11 is 0. The molecule has 2 aliphatic rings. The van der Waals surface area contributed by atoms with Crippen molar-refractivity contribution in [2.75, 3.05) is 6.54 Å². The Bertz CT molecular complexity index is 442. The zero-order valence-corrected chi connectivity index (χ0v) is 13.6. The summed E-state index contributed by atoms with van der Waals surface area (Å²) in [5, 5.41) is 5.69. The first-order valence-electron chi connectivity index (χ1n) is 8.42. The summed E-state index contributed by atoms with van der Waals surface area (Å²) in [5.41, 5.74) is -0.761. The van der Waals surface area contributed by atoms with Crippen molar-refractivity contribution in [2.24, 2.45) is 0 Å². The van der Waals surface area contributed by atoms with E-state index < -0.39 is 11.6 Å². The zero-order chi connectivity index (χ0) is 16.2. The third-order valence-corrected chi connectivity index (χ3v) is 4.63. The Labute approximate surface area is 132 Å². The Morgan fingerprint density at radius 1 is 1.27 bits per heavy atom. The summed E-state index contributed by atoms with van der Waals surface area (Å²) in [6.07, 6.45) is 7.31. The van der Waals surface area contributed by atoms with Crippen molar-refractivity contribution in [1.82, 2.24) is 15.5 Å². The summed E-state index contributed by atoms with van der Waals surface area (Å²) in [5.74, 6) is -0.493. The highest BCUT2D eigenvalue weighted by Gasteiger charge is 2.51. The van der Waals surface area contributed by atoms with Crippen molar-refractivity contribution in [3.63, 3.8) is 0 Å². The maximum Gasteiger partial charge on any atom is 0.325 e. The average Bonchev–Trinajstić information content (AvgIpc) is 2.63. The minimum atomic E-state index is -0.761. The number of imide groups is 1. The molecule has 6 heteroatoms. The second kappa shape index (κ2) is 7.11. The highest BCUT2D eigenvalue weighted by Crippen LogP contribution is 2.32. The van der Waals surface area contributed by atoms with Gasteiger partial charge in [0, 0.05) is 6.04 Å². The van der Waals surface area contributed by atoms with Gasteiger partial charge in [-0.25, -0.2) is 4.79 Å². The molecule has 124 valence electrons. The number of rotatable bonds is 5. The van der Waals surface area contributed by atoms with Crippen molar-refractivity contribution in [2.45, 2.75) is 76.8 Å². The van der Waals surface area contributed by atoms with E-state index in [1.165, 1.54) is 0 Å². The average molecular weight is 309 g/mol. The van der Waals surface area contributed by atoms with Crippen LogP contribution in [0.5, 0.6) is 0 Å². The SMILES string of the molecule is CCC[C@@H](C)NC(=O)CN1C(=O)NC2(CCCCCC2)C1=O. The minimum absolute atomic E-state index is 0.0603. The van der Waals surface area contributed by atoms with E-state index in [-0.39, 0.29) is 24.4 Å². The first-order chi connectivity index (χ1) is 10.5. The van der Waals surface area contributed by atoms with Crippen LogP contribution in [0.15, 0.2) is 0 Å². The number of nitrogens with zero attached hydrogens (tertiary/aromatic N) is 1. The molecule has 1 saturated heterocycles. The van der Waals surface area contributed by atoms with Gasteiger partial charge in [0.2, 0.25) is 5.91 Å². The molecule has 1 spiro atoms. The lowest BCUT2D eigenvalue weighted by Gasteiger charge is -2.24. The van der Waals surface area contributed by atoms with Gasteiger partial charge < -0.3 is 10.6 Å². The smallest absolute Gasteiger partial charge is 0.325 e. The predicted molar refractivity (Wildman–Crippen MR) is 83.2 cm³/mol. The fourth-order valence-corrected chi connectivity index (χ4v) is 3.46. The number of urea groups is 1. The van der Waals surface area contributed by atoms with Gasteiger partial charge in [-0.2, -0.15) is 0 Å². The van der Waals surface area contributed by atoms with Crippen LogP contribution in [0, 0.1) is 0 Å². The topological polar surface area (TPSA) is 78.5 Å². The Morgan fingerprint density at radius 3 is 2.50 bits per heavy atom. The molecule has 22 heavy (non-hydrogen) atoms. The molecule has 0 aromatic rings. The van der Waals surface area contributed by atoms with Crippen molar-refractivity contribution in [3.05, 3.63) is 0 Å². The van der Waals surface area contributed by atoms with E-state index in [0.29, 0.717) is 12.8 Å². The van der Waals surface area contributed by atoms with Crippen LogP contribution in [0.4, 0.5) is 4.79 Å². The predicted octanol–water partition coefficient (Wildman–Crippen LogP) is 1.94. The van der Waals surface area contributed by atoms with Gasteiger partial charge in [0.1, 0.15) is 12.1 Å². The van der Waals surface area contributed by atoms with Gasteiger partial charge in [0.25, 0.3) is 5.91 Å².